The van der Waals surface area contributed by atoms with Crippen molar-refractivity contribution < 1.29 is 32.3 Å². The van der Waals surface area contributed by atoms with Crippen LogP contribution in [-0.2, 0) is 24.3 Å². The summed E-state index contributed by atoms with van der Waals surface area (Å²) in [6.45, 7) is 1.68. The zero-order valence-electron chi connectivity index (χ0n) is 16.6. The molecule has 0 atom stereocenters. The van der Waals surface area contributed by atoms with E-state index in [0.717, 1.165) is 4.90 Å². The van der Waals surface area contributed by atoms with Gasteiger partial charge in [0.2, 0.25) is 11.8 Å². The fraction of sp³-hybridized carbons (Fsp3) is 0.250. The minimum absolute atomic E-state index is 0.0523. The van der Waals surface area contributed by atoms with Crippen LogP contribution in [0, 0.1) is 6.92 Å². The largest absolute Gasteiger partial charge is 0.495 e. The average Bonchev–Trinajstić information content (AvgIpc) is 3.06. The monoisotopic (exact) mass is 432 g/mol. The highest BCUT2D eigenvalue weighted by Gasteiger charge is 2.33. The average molecular weight is 432 g/mol. The highest BCUT2D eigenvalue weighted by Crippen LogP contribution is 2.35. The van der Waals surface area contributed by atoms with Gasteiger partial charge in [0.1, 0.15) is 5.75 Å². The van der Waals surface area contributed by atoms with E-state index in [9.17, 15) is 22.8 Å². The second-order valence-electron chi connectivity index (χ2n) is 6.58. The fourth-order valence-corrected chi connectivity index (χ4v) is 4.18. The number of imide groups is 1. The second kappa shape index (κ2) is 8.15. The Bertz CT molecular complexity index is 1130. The number of hydrogen-bond acceptors (Lipinski definition) is 7. The van der Waals surface area contributed by atoms with Crippen molar-refractivity contribution in [2.24, 2.45) is 0 Å². The Hall–Kier alpha value is -3.40. The van der Waals surface area contributed by atoms with Gasteiger partial charge in [-0.1, -0.05) is 6.07 Å². The summed E-state index contributed by atoms with van der Waals surface area (Å²) in [5.41, 5.74) is 1.03. The van der Waals surface area contributed by atoms with Crippen molar-refractivity contribution >= 4 is 39.2 Å². The van der Waals surface area contributed by atoms with Crippen LogP contribution in [0.25, 0.3) is 0 Å². The number of carbonyl (C=O) groups is 3. The van der Waals surface area contributed by atoms with Gasteiger partial charge < -0.3 is 9.47 Å². The maximum atomic E-state index is 13.0. The van der Waals surface area contributed by atoms with Crippen LogP contribution in [0.3, 0.4) is 0 Å². The third-order valence-electron chi connectivity index (χ3n) is 4.66. The van der Waals surface area contributed by atoms with Gasteiger partial charge in [0.15, 0.2) is 0 Å². The highest BCUT2D eigenvalue weighted by molar-refractivity contribution is 7.92. The van der Waals surface area contributed by atoms with Crippen molar-refractivity contribution in [2.75, 3.05) is 23.8 Å². The van der Waals surface area contributed by atoms with E-state index in [2.05, 4.69) is 9.46 Å². The van der Waals surface area contributed by atoms with E-state index in [1.807, 2.05) is 0 Å². The van der Waals surface area contributed by atoms with Gasteiger partial charge in [-0.25, -0.2) is 18.1 Å². The molecular weight excluding hydrogens is 412 g/mol. The third-order valence-corrected chi connectivity index (χ3v) is 6.02. The van der Waals surface area contributed by atoms with Gasteiger partial charge in [-0.2, -0.15) is 0 Å². The Balaban J connectivity index is 2.01. The van der Waals surface area contributed by atoms with E-state index < -0.39 is 27.8 Å². The number of nitrogens with one attached hydrogen (secondary N) is 1. The molecule has 3 rings (SSSR count). The molecule has 1 aliphatic heterocycles. The number of aryl methyl sites for hydroxylation is 1. The maximum absolute atomic E-state index is 13.0. The summed E-state index contributed by atoms with van der Waals surface area (Å²) in [5.74, 6) is -1.26. The molecule has 0 radical (unpaired) electrons. The number of anilines is 2. The van der Waals surface area contributed by atoms with E-state index in [1.54, 1.807) is 13.0 Å². The first-order valence-corrected chi connectivity index (χ1v) is 10.4. The molecule has 1 N–H and O–H groups in total. The van der Waals surface area contributed by atoms with E-state index in [0.29, 0.717) is 5.56 Å². The van der Waals surface area contributed by atoms with Crippen molar-refractivity contribution in [2.45, 2.75) is 24.7 Å². The van der Waals surface area contributed by atoms with Crippen LogP contribution >= 0.6 is 0 Å². The number of ether oxygens (including phenoxy) is 2. The van der Waals surface area contributed by atoms with Crippen molar-refractivity contribution in [3.05, 3.63) is 47.5 Å². The molecule has 0 spiro atoms. The summed E-state index contributed by atoms with van der Waals surface area (Å²) in [5, 5.41) is 0. The molecule has 158 valence electrons. The zero-order chi connectivity index (χ0) is 22.1. The Morgan fingerprint density at radius 3 is 2.30 bits per heavy atom. The number of amides is 2. The molecule has 2 aromatic rings. The van der Waals surface area contributed by atoms with E-state index in [1.165, 1.54) is 44.6 Å². The topological polar surface area (TPSA) is 119 Å². The Morgan fingerprint density at radius 1 is 1.03 bits per heavy atom. The lowest BCUT2D eigenvalue weighted by Crippen LogP contribution is -2.29. The quantitative estimate of drug-likeness (QED) is 0.549. The lowest BCUT2D eigenvalue weighted by atomic mass is 10.1. The molecular formula is C20H20N2O7S. The lowest BCUT2D eigenvalue weighted by molar-refractivity contribution is -0.121. The third kappa shape index (κ3) is 3.99. The molecule has 0 bridgehead atoms. The van der Waals surface area contributed by atoms with Crippen LogP contribution in [0.15, 0.2) is 41.3 Å². The van der Waals surface area contributed by atoms with Gasteiger partial charge in [0.05, 0.1) is 36.1 Å². The normalized spacial score (nSPS) is 14.0. The van der Waals surface area contributed by atoms with Crippen LogP contribution in [0.5, 0.6) is 5.75 Å². The van der Waals surface area contributed by atoms with Crippen LogP contribution in [0.4, 0.5) is 11.4 Å². The fourth-order valence-electron chi connectivity index (χ4n) is 3.04. The zero-order valence-corrected chi connectivity index (χ0v) is 17.4. The smallest absolute Gasteiger partial charge is 0.337 e. The van der Waals surface area contributed by atoms with Crippen molar-refractivity contribution in [3.8, 4) is 5.75 Å². The molecule has 2 aromatic carbocycles. The van der Waals surface area contributed by atoms with Gasteiger partial charge in [-0.15, -0.1) is 0 Å². The number of esters is 1. The van der Waals surface area contributed by atoms with Crippen LogP contribution in [-0.4, -0.2) is 40.4 Å². The predicted octanol–water partition coefficient (Wildman–Crippen LogP) is 2.24. The second-order valence-corrected chi connectivity index (χ2v) is 8.27. The van der Waals surface area contributed by atoms with E-state index >= 15 is 0 Å². The predicted molar refractivity (Wildman–Crippen MR) is 108 cm³/mol. The molecule has 0 unspecified atom stereocenters. The Morgan fingerprint density at radius 2 is 1.70 bits per heavy atom. The minimum Gasteiger partial charge on any atom is -0.495 e. The number of methoxy groups -OCH3 is 2. The highest BCUT2D eigenvalue weighted by atomic mass is 32.2. The summed E-state index contributed by atoms with van der Waals surface area (Å²) in [6, 6.07) is 8.37. The Labute approximate surface area is 173 Å². The summed E-state index contributed by atoms with van der Waals surface area (Å²) in [7, 11) is -1.52. The summed E-state index contributed by atoms with van der Waals surface area (Å²) in [4.78, 5) is 36.8. The number of nitrogens with zero attached hydrogens (tertiary/aromatic N) is 1. The van der Waals surface area contributed by atoms with Gasteiger partial charge in [0.25, 0.3) is 10.0 Å². The molecule has 0 saturated carbocycles. The van der Waals surface area contributed by atoms with Crippen molar-refractivity contribution in [1.82, 2.24) is 0 Å². The maximum Gasteiger partial charge on any atom is 0.337 e. The van der Waals surface area contributed by atoms with Crippen LogP contribution in [0.1, 0.15) is 28.8 Å². The first-order chi connectivity index (χ1) is 14.2. The van der Waals surface area contributed by atoms with Gasteiger partial charge in [-0.05, 0) is 42.8 Å². The lowest BCUT2D eigenvalue weighted by Gasteiger charge is -2.19. The molecule has 0 aromatic heterocycles. The first-order valence-electron chi connectivity index (χ1n) is 8.93. The molecule has 1 fully saturated rings. The van der Waals surface area contributed by atoms with Crippen molar-refractivity contribution in [1.29, 1.82) is 0 Å². The van der Waals surface area contributed by atoms with E-state index in [-0.39, 0.29) is 40.4 Å². The number of benzene rings is 2. The van der Waals surface area contributed by atoms with Crippen LogP contribution in [0.2, 0.25) is 0 Å². The minimum atomic E-state index is -4.10. The SMILES string of the molecule is COC(=O)c1ccc(C)c(NS(=O)(=O)c2ccc(OC)c(N3C(=O)CCC3=O)c2)c1. The van der Waals surface area contributed by atoms with Crippen LogP contribution < -0.4 is 14.4 Å². The first kappa shape index (κ1) is 21.3. The summed E-state index contributed by atoms with van der Waals surface area (Å²) >= 11 is 0. The summed E-state index contributed by atoms with van der Waals surface area (Å²) < 4.78 is 38.3. The number of hydrogen-bond donors (Lipinski definition) is 1. The number of rotatable bonds is 6. The van der Waals surface area contributed by atoms with Gasteiger partial charge >= 0.3 is 5.97 Å². The van der Waals surface area contributed by atoms with Gasteiger partial charge in [-0.3, -0.25) is 14.3 Å². The Kier molecular flexibility index (Phi) is 5.79. The summed E-state index contributed by atoms with van der Waals surface area (Å²) in [6.07, 6.45) is 0.105. The van der Waals surface area contributed by atoms with Crippen molar-refractivity contribution in [3.63, 3.8) is 0 Å². The van der Waals surface area contributed by atoms with Gasteiger partial charge in [0, 0.05) is 12.8 Å². The number of carbonyl (C=O) groups excluding carboxylic acids is 3. The molecule has 1 aliphatic rings. The molecule has 9 nitrogen and oxygen atoms in total. The molecule has 0 aliphatic carbocycles. The molecule has 1 heterocycles. The molecule has 30 heavy (non-hydrogen) atoms. The standard InChI is InChI=1S/C20H20N2O7S/c1-12-4-5-13(20(25)29-3)10-15(12)21-30(26,27)14-6-7-17(28-2)16(11-14)22-18(23)8-9-19(22)24/h4-7,10-11,21H,8-9H2,1-3H3. The number of sulfonamides is 1. The molecule has 10 heteroatoms. The molecule has 2 amide bonds. The van der Waals surface area contributed by atoms with E-state index in [4.69, 9.17) is 4.74 Å². The molecule has 1 saturated heterocycles.